The van der Waals surface area contributed by atoms with Gasteiger partial charge in [0.2, 0.25) is 0 Å². The lowest BCUT2D eigenvalue weighted by atomic mass is 9.84. The van der Waals surface area contributed by atoms with Crippen LogP contribution in [0.1, 0.15) is 32.6 Å². The molecule has 2 bridgehead atoms. The lowest BCUT2D eigenvalue weighted by molar-refractivity contribution is 0.222. The number of hydrogen-bond donors (Lipinski definition) is 2. The van der Waals surface area contributed by atoms with E-state index in [0.717, 1.165) is 17.8 Å². The highest BCUT2D eigenvalue weighted by Crippen LogP contribution is 2.49. The molecule has 2 aliphatic carbocycles. The van der Waals surface area contributed by atoms with Crippen LogP contribution in [0.5, 0.6) is 0 Å². The van der Waals surface area contributed by atoms with Gasteiger partial charge in [-0.2, -0.15) is 0 Å². The number of urea groups is 1. The third-order valence-electron chi connectivity index (χ3n) is 4.02. The van der Waals surface area contributed by atoms with E-state index in [1.165, 1.54) is 25.7 Å². The summed E-state index contributed by atoms with van der Waals surface area (Å²) in [4.78, 5) is 11.2. The molecule has 0 heterocycles. The molecule has 0 saturated heterocycles. The van der Waals surface area contributed by atoms with Gasteiger partial charge in [-0.1, -0.05) is 6.42 Å². The lowest BCUT2D eigenvalue weighted by Crippen LogP contribution is -2.44. The zero-order valence-electron chi connectivity index (χ0n) is 9.05. The molecule has 0 aromatic rings. The highest BCUT2D eigenvalue weighted by molar-refractivity contribution is 5.73. The van der Waals surface area contributed by atoms with Gasteiger partial charge in [0.05, 0.1) is 0 Å². The Morgan fingerprint density at radius 1 is 1.36 bits per heavy atom. The Morgan fingerprint density at radius 3 is 2.64 bits per heavy atom. The van der Waals surface area contributed by atoms with Crippen LogP contribution in [0, 0.1) is 17.8 Å². The minimum Gasteiger partial charge on any atom is -0.341 e. The van der Waals surface area contributed by atoms with Crippen molar-refractivity contribution in [1.82, 2.24) is 10.6 Å². The van der Waals surface area contributed by atoms with Crippen LogP contribution in [0.2, 0.25) is 0 Å². The number of fused-ring (bicyclic) bond motifs is 2. The van der Waals surface area contributed by atoms with Gasteiger partial charge in [-0.25, -0.2) is 4.79 Å². The fourth-order valence-electron chi connectivity index (χ4n) is 3.29. The molecule has 2 fully saturated rings. The molecule has 14 heavy (non-hydrogen) atoms. The van der Waals surface area contributed by atoms with Gasteiger partial charge >= 0.3 is 6.03 Å². The van der Waals surface area contributed by atoms with Crippen LogP contribution in [0.3, 0.4) is 0 Å². The second-order valence-corrected chi connectivity index (χ2v) is 4.85. The van der Waals surface area contributed by atoms with E-state index in [9.17, 15) is 4.79 Å². The summed E-state index contributed by atoms with van der Waals surface area (Å²) in [6, 6.07) is 0.297. The summed E-state index contributed by atoms with van der Waals surface area (Å²) in [5.41, 5.74) is 0. The molecule has 2 rings (SSSR count). The van der Waals surface area contributed by atoms with Crippen molar-refractivity contribution in [3.63, 3.8) is 0 Å². The first-order valence-corrected chi connectivity index (χ1v) is 5.69. The molecule has 0 aromatic heterocycles. The summed E-state index contributed by atoms with van der Waals surface area (Å²) in [5, 5.41) is 5.62. The van der Waals surface area contributed by atoms with E-state index in [1.807, 2.05) is 0 Å². The Labute approximate surface area is 85.6 Å². The summed E-state index contributed by atoms with van der Waals surface area (Å²) >= 11 is 0. The van der Waals surface area contributed by atoms with Crippen LogP contribution in [0.15, 0.2) is 0 Å². The Balaban J connectivity index is 1.86. The molecule has 2 aliphatic rings. The molecule has 0 aromatic carbocycles. The van der Waals surface area contributed by atoms with Crippen LogP contribution in [0.25, 0.3) is 0 Å². The molecular weight excluding hydrogens is 176 g/mol. The monoisotopic (exact) mass is 196 g/mol. The van der Waals surface area contributed by atoms with Gasteiger partial charge in [-0.3, -0.25) is 0 Å². The molecule has 2 amide bonds. The zero-order chi connectivity index (χ0) is 10.1. The number of carbonyl (C=O) groups is 1. The van der Waals surface area contributed by atoms with Gasteiger partial charge in [-0.05, 0) is 43.9 Å². The molecule has 3 nitrogen and oxygen atoms in total. The number of amides is 2. The van der Waals surface area contributed by atoms with E-state index in [4.69, 9.17) is 0 Å². The van der Waals surface area contributed by atoms with E-state index in [1.54, 1.807) is 7.05 Å². The number of carbonyl (C=O) groups excluding carboxylic acids is 1. The van der Waals surface area contributed by atoms with E-state index in [2.05, 4.69) is 17.6 Å². The molecule has 0 spiro atoms. The maximum atomic E-state index is 11.2. The Kier molecular flexibility index (Phi) is 2.66. The summed E-state index contributed by atoms with van der Waals surface area (Å²) in [7, 11) is 1.67. The Morgan fingerprint density at radius 2 is 2.14 bits per heavy atom. The van der Waals surface area contributed by atoms with E-state index in [-0.39, 0.29) is 6.03 Å². The van der Waals surface area contributed by atoms with Crippen LogP contribution in [-0.4, -0.2) is 19.1 Å². The quantitative estimate of drug-likeness (QED) is 0.694. The SMILES string of the molecule is CNC(=O)NC(C)C1CC2CCC1C2. The van der Waals surface area contributed by atoms with Gasteiger partial charge < -0.3 is 10.6 Å². The summed E-state index contributed by atoms with van der Waals surface area (Å²) in [6.07, 6.45) is 5.54. The Hall–Kier alpha value is -0.730. The van der Waals surface area contributed by atoms with Crippen molar-refractivity contribution < 1.29 is 4.79 Å². The van der Waals surface area contributed by atoms with Gasteiger partial charge in [-0.15, -0.1) is 0 Å². The minimum absolute atomic E-state index is 0.0414. The van der Waals surface area contributed by atoms with Crippen molar-refractivity contribution in [2.75, 3.05) is 7.05 Å². The van der Waals surface area contributed by atoms with Crippen LogP contribution in [-0.2, 0) is 0 Å². The van der Waals surface area contributed by atoms with Crippen molar-refractivity contribution >= 4 is 6.03 Å². The normalized spacial score (nSPS) is 36.9. The second kappa shape index (κ2) is 3.79. The minimum atomic E-state index is -0.0414. The third-order valence-corrected chi connectivity index (χ3v) is 4.02. The molecule has 2 saturated carbocycles. The molecule has 80 valence electrons. The van der Waals surface area contributed by atoms with Gasteiger partial charge in [0, 0.05) is 13.1 Å². The Bertz CT molecular complexity index is 229. The third kappa shape index (κ3) is 1.72. The topological polar surface area (TPSA) is 41.1 Å². The molecular formula is C11H20N2O. The fourth-order valence-corrected chi connectivity index (χ4v) is 3.29. The number of rotatable bonds is 2. The van der Waals surface area contributed by atoms with E-state index in [0.29, 0.717) is 6.04 Å². The molecule has 4 atom stereocenters. The van der Waals surface area contributed by atoms with Gasteiger partial charge in [0.1, 0.15) is 0 Å². The second-order valence-electron chi connectivity index (χ2n) is 4.85. The first-order valence-electron chi connectivity index (χ1n) is 5.69. The predicted molar refractivity (Wildman–Crippen MR) is 56.0 cm³/mol. The van der Waals surface area contributed by atoms with Crippen molar-refractivity contribution in [2.45, 2.75) is 38.6 Å². The van der Waals surface area contributed by atoms with Crippen molar-refractivity contribution in [2.24, 2.45) is 17.8 Å². The van der Waals surface area contributed by atoms with Crippen LogP contribution < -0.4 is 10.6 Å². The smallest absolute Gasteiger partial charge is 0.314 e. The number of nitrogens with one attached hydrogen (secondary N) is 2. The average molecular weight is 196 g/mol. The van der Waals surface area contributed by atoms with Crippen molar-refractivity contribution in [1.29, 1.82) is 0 Å². The fraction of sp³-hybridized carbons (Fsp3) is 0.909. The molecule has 2 N–H and O–H groups in total. The van der Waals surface area contributed by atoms with E-state index < -0.39 is 0 Å². The average Bonchev–Trinajstić information content (AvgIpc) is 2.78. The van der Waals surface area contributed by atoms with Crippen molar-refractivity contribution in [3.05, 3.63) is 0 Å². The van der Waals surface area contributed by atoms with Crippen LogP contribution >= 0.6 is 0 Å². The molecule has 0 radical (unpaired) electrons. The first-order chi connectivity index (χ1) is 6.70. The number of hydrogen-bond acceptors (Lipinski definition) is 1. The predicted octanol–water partition coefficient (Wildman–Crippen LogP) is 1.74. The van der Waals surface area contributed by atoms with Gasteiger partial charge in [0.25, 0.3) is 0 Å². The zero-order valence-corrected chi connectivity index (χ0v) is 9.05. The highest BCUT2D eigenvalue weighted by atomic mass is 16.2. The standard InChI is InChI=1S/C11H20N2O/c1-7(13-11(14)12-2)10-6-8-3-4-9(10)5-8/h7-10H,3-6H2,1-2H3,(H2,12,13,14). The molecule has 4 unspecified atom stereocenters. The summed E-state index contributed by atoms with van der Waals surface area (Å²) < 4.78 is 0. The van der Waals surface area contributed by atoms with E-state index >= 15 is 0 Å². The summed E-state index contributed by atoms with van der Waals surface area (Å²) in [5.74, 6) is 2.57. The largest absolute Gasteiger partial charge is 0.341 e. The van der Waals surface area contributed by atoms with Crippen molar-refractivity contribution in [3.8, 4) is 0 Å². The van der Waals surface area contributed by atoms with Crippen LogP contribution in [0.4, 0.5) is 4.79 Å². The highest BCUT2D eigenvalue weighted by Gasteiger charge is 2.41. The maximum Gasteiger partial charge on any atom is 0.314 e. The summed E-state index contributed by atoms with van der Waals surface area (Å²) in [6.45, 7) is 2.14. The first kappa shape index (κ1) is 9.81. The molecule has 0 aliphatic heterocycles. The lowest BCUT2D eigenvalue weighted by Gasteiger charge is -2.28. The maximum absolute atomic E-state index is 11.2. The molecule has 3 heteroatoms. The van der Waals surface area contributed by atoms with Gasteiger partial charge in [0.15, 0.2) is 0 Å².